The van der Waals surface area contributed by atoms with Gasteiger partial charge in [0.05, 0.1) is 16.9 Å². The van der Waals surface area contributed by atoms with E-state index in [0.29, 0.717) is 10.6 Å². The maximum absolute atomic E-state index is 6.04. The number of rotatable bonds is 3. The third-order valence-corrected chi connectivity index (χ3v) is 5.41. The molecule has 0 bridgehead atoms. The maximum Gasteiger partial charge on any atom is 0.124 e. The van der Waals surface area contributed by atoms with E-state index in [9.17, 15) is 0 Å². The molecule has 0 saturated carbocycles. The van der Waals surface area contributed by atoms with E-state index in [2.05, 4.69) is 46.4 Å². The molecular weight excluding hydrogens is 264 g/mol. The molecule has 96 valence electrons. The fourth-order valence-electron chi connectivity index (χ4n) is 2.70. The van der Waals surface area contributed by atoms with Gasteiger partial charge in [0, 0.05) is 11.3 Å². The molecule has 1 aromatic heterocycles. The topological polar surface area (TPSA) is 17.8 Å². The van der Waals surface area contributed by atoms with Gasteiger partial charge in [0.1, 0.15) is 5.82 Å². The molecule has 3 rings (SSSR count). The van der Waals surface area contributed by atoms with E-state index in [0.717, 1.165) is 17.9 Å². The van der Waals surface area contributed by atoms with E-state index in [1.54, 1.807) is 0 Å². The molecule has 1 atom stereocenters. The number of halogens is 1. The van der Waals surface area contributed by atoms with Crippen LogP contribution in [0.2, 0.25) is 0 Å². The van der Waals surface area contributed by atoms with Crippen molar-refractivity contribution in [1.82, 2.24) is 9.55 Å². The van der Waals surface area contributed by atoms with Gasteiger partial charge < -0.3 is 4.57 Å². The van der Waals surface area contributed by atoms with Crippen LogP contribution in [-0.2, 0) is 12.4 Å². The average Bonchev–Trinajstić information content (AvgIpc) is 2.95. The van der Waals surface area contributed by atoms with E-state index < -0.39 is 0 Å². The van der Waals surface area contributed by atoms with Crippen LogP contribution in [-0.4, -0.2) is 20.1 Å². The van der Waals surface area contributed by atoms with Crippen molar-refractivity contribution in [3.8, 4) is 0 Å². The van der Waals surface area contributed by atoms with Gasteiger partial charge in [-0.25, -0.2) is 4.98 Å². The second kappa shape index (κ2) is 4.78. The summed E-state index contributed by atoms with van der Waals surface area (Å²) in [5.74, 6) is 2.75. The minimum Gasteiger partial charge on any atom is -0.326 e. The summed E-state index contributed by atoms with van der Waals surface area (Å²) in [6.07, 6.45) is 2.61. The lowest BCUT2D eigenvalue weighted by Crippen LogP contribution is -2.24. The number of thioether (sulfide) groups is 1. The predicted molar refractivity (Wildman–Crippen MR) is 79.4 cm³/mol. The number of alkyl halides is 1. The summed E-state index contributed by atoms with van der Waals surface area (Å²) in [5, 5.41) is 0. The first-order valence-corrected chi connectivity index (χ1v) is 7.88. The first-order valence-electron chi connectivity index (χ1n) is 6.36. The number of fused-ring (bicyclic) bond motifs is 1. The average molecular weight is 281 g/mol. The van der Waals surface area contributed by atoms with Gasteiger partial charge in [-0.1, -0.05) is 12.1 Å². The Bertz CT molecular complexity index is 558. The second-order valence-corrected chi connectivity index (χ2v) is 7.09. The van der Waals surface area contributed by atoms with Crippen LogP contribution in [0.3, 0.4) is 0 Å². The molecule has 0 N–H and O–H groups in total. The Hall–Kier alpha value is -0.670. The highest BCUT2D eigenvalue weighted by molar-refractivity contribution is 8.00. The SMILES string of the molecule is CC1(Cn2c(CCl)nc3ccccc32)CCCS1. The molecule has 4 heteroatoms. The van der Waals surface area contributed by atoms with Crippen molar-refractivity contribution in [1.29, 1.82) is 0 Å². The number of nitrogens with zero attached hydrogens (tertiary/aromatic N) is 2. The zero-order chi connectivity index (χ0) is 12.6. The second-order valence-electron chi connectivity index (χ2n) is 5.14. The van der Waals surface area contributed by atoms with Crippen molar-refractivity contribution in [2.75, 3.05) is 5.75 Å². The zero-order valence-corrected chi connectivity index (χ0v) is 12.1. The smallest absolute Gasteiger partial charge is 0.124 e. The first-order chi connectivity index (χ1) is 8.72. The van der Waals surface area contributed by atoms with Crippen LogP contribution in [0, 0.1) is 0 Å². The summed E-state index contributed by atoms with van der Waals surface area (Å²) in [7, 11) is 0. The van der Waals surface area contributed by atoms with Crippen LogP contribution >= 0.6 is 23.4 Å². The van der Waals surface area contributed by atoms with Gasteiger partial charge in [-0.15, -0.1) is 11.6 Å². The zero-order valence-electron chi connectivity index (χ0n) is 10.5. The highest BCUT2D eigenvalue weighted by Crippen LogP contribution is 2.39. The lowest BCUT2D eigenvalue weighted by molar-refractivity contribution is 0.510. The Morgan fingerprint density at radius 2 is 2.28 bits per heavy atom. The summed E-state index contributed by atoms with van der Waals surface area (Å²) in [6, 6.07) is 8.31. The molecule has 2 aromatic rings. The Morgan fingerprint density at radius 1 is 1.44 bits per heavy atom. The molecular formula is C14H17ClN2S. The number of aromatic nitrogens is 2. The monoisotopic (exact) mass is 280 g/mol. The number of imidazole rings is 1. The number of para-hydroxylation sites is 2. The van der Waals surface area contributed by atoms with Crippen molar-refractivity contribution in [2.24, 2.45) is 0 Å². The van der Waals surface area contributed by atoms with Gasteiger partial charge in [-0.2, -0.15) is 11.8 Å². The molecule has 2 nitrogen and oxygen atoms in total. The van der Waals surface area contributed by atoms with E-state index in [4.69, 9.17) is 11.6 Å². The summed E-state index contributed by atoms with van der Waals surface area (Å²) in [5.41, 5.74) is 2.27. The Labute approximate surface area is 117 Å². The molecule has 0 spiro atoms. The Morgan fingerprint density at radius 3 is 3.00 bits per heavy atom. The van der Waals surface area contributed by atoms with Crippen LogP contribution in [0.15, 0.2) is 24.3 Å². The maximum atomic E-state index is 6.04. The quantitative estimate of drug-likeness (QED) is 0.789. The predicted octanol–water partition coefficient (Wildman–Crippen LogP) is 4.06. The third-order valence-electron chi connectivity index (χ3n) is 3.65. The molecule has 1 aliphatic heterocycles. The number of hydrogen-bond donors (Lipinski definition) is 0. The molecule has 1 unspecified atom stereocenters. The van der Waals surface area contributed by atoms with E-state index in [1.807, 2.05) is 6.07 Å². The number of hydrogen-bond acceptors (Lipinski definition) is 2. The van der Waals surface area contributed by atoms with Gasteiger partial charge >= 0.3 is 0 Å². The largest absolute Gasteiger partial charge is 0.326 e. The molecule has 1 fully saturated rings. The Kier molecular flexibility index (Phi) is 3.29. The van der Waals surface area contributed by atoms with Crippen molar-refractivity contribution < 1.29 is 0 Å². The summed E-state index contributed by atoms with van der Waals surface area (Å²) in [6.45, 7) is 3.37. The first kappa shape index (κ1) is 12.4. The Balaban J connectivity index is 2.04. The van der Waals surface area contributed by atoms with Crippen LogP contribution in [0.5, 0.6) is 0 Å². The van der Waals surface area contributed by atoms with Crippen LogP contribution < -0.4 is 0 Å². The van der Waals surface area contributed by atoms with Crippen LogP contribution in [0.1, 0.15) is 25.6 Å². The normalized spacial score (nSPS) is 23.9. The lowest BCUT2D eigenvalue weighted by atomic mass is 10.1. The molecule has 1 aliphatic rings. The van der Waals surface area contributed by atoms with Crippen molar-refractivity contribution in [3.63, 3.8) is 0 Å². The number of benzene rings is 1. The van der Waals surface area contributed by atoms with Crippen molar-refractivity contribution in [3.05, 3.63) is 30.1 Å². The van der Waals surface area contributed by atoms with Crippen molar-refractivity contribution in [2.45, 2.75) is 36.9 Å². The molecule has 2 heterocycles. The molecule has 1 saturated heterocycles. The molecule has 0 amide bonds. The van der Waals surface area contributed by atoms with Gasteiger partial charge in [-0.05, 0) is 37.7 Å². The van der Waals surface area contributed by atoms with E-state index in [-0.39, 0.29) is 0 Å². The van der Waals surface area contributed by atoms with Gasteiger partial charge in [0.2, 0.25) is 0 Å². The molecule has 0 aliphatic carbocycles. The minimum atomic E-state index is 0.338. The van der Waals surface area contributed by atoms with E-state index >= 15 is 0 Å². The van der Waals surface area contributed by atoms with Gasteiger partial charge in [0.25, 0.3) is 0 Å². The summed E-state index contributed by atoms with van der Waals surface area (Å²) < 4.78 is 2.64. The van der Waals surface area contributed by atoms with Crippen molar-refractivity contribution >= 4 is 34.4 Å². The van der Waals surface area contributed by atoms with Crippen LogP contribution in [0.4, 0.5) is 0 Å². The fourth-order valence-corrected chi connectivity index (χ4v) is 4.19. The molecule has 0 radical (unpaired) electrons. The highest BCUT2D eigenvalue weighted by Gasteiger charge is 2.31. The third kappa shape index (κ3) is 2.14. The minimum absolute atomic E-state index is 0.338. The van der Waals surface area contributed by atoms with E-state index in [1.165, 1.54) is 24.1 Å². The molecule has 18 heavy (non-hydrogen) atoms. The van der Waals surface area contributed by atoms with Gasteiger partial charge in [-0.3, -0.25) is 0 Å². The standard InChI is InChI=1S/C14H17ClN2S/c1-14(7-4-8-18-14)10-17-12-6-3-2-5-11(12)16-13(17)9-15/h2-3,5-6H,4,7-10H2,1H3. The highest BCUT2D eigenvalue weighted by atomic mass is 35.5. The molecule has 1 aromatic carbocycles. The lowest BCUT2D eigenvalue weighted by Gasteiger charge is -2.24. The summed E-state index contributed by atoms with van der Waals surface area (Å²) >= 11 is 8.12. The fraction of sp³-hybridized carbons (Fsp3) is 0.500. The summed E-state index contributed by atoms with van der Waals surface area (Å²) in [4.78, 5) is 4.63. The van der Waals surface area contributed by atoms with Gasteiger partial charge in [0.15, 0.2) is 0 Å². The van der Waals surface area contributed by atoms with Crippen LogP contribution in [0.25, 0.3) is 11.0 Å².